The van der Waals surface area contributed by atoms with Crippen LogP contribution in [-0.2, 0) is 19.5 Å². The van der Waals surface area contributed by atoms with Crippen molar-refractivity contribution in [2.24, 2.45) is 0 Å². The molecule has 0 aromatic heterocycles. The number of nitrogens with zero attached hydrogens (tertiary/aromatic N) is 1. The third-order valence-electron chi connectivity index (χ3n) is 4.03. The first-order valence-electron chi connectivity index (χ1n) is 7.29. The van der Waals surface area contributed by atoms with E-state index in [-0.39, 0.29) is 0 Å². The summed E-state index contributed by atoms with van der Waals surface area (Å²) >= 11 is 0. The van der Waals surface area contributed by atoms with Crippen LogP contribution >= 0.6 is 0 Å². The molecule has 3 nitrogen and oxygen atoms in total. The molecular formula is C18H21NO2. The average molecular weight is 283 g/mol. The Kier molecular flexibility index (Phi) is 4.11. The Morgan fingerprint density at radius 1 is 0.952 bits per heavy atom. The smallest absolute Gasteiger partial charge is 0.122 e. The minimum Gasteiger partial charge on any atom is -0.497 e. The van der Waals surface area contributed by atoms with Gasteiger partial charge in [-0.25, -0.2) is 0 Å². The van der Waals surface area contributed by atoms with E-state index in [1.54, 1.807) is 14.2 Å². The number of benzene rings is 2. The maximum Gasteiger partial charge on any atom is 0.122 e. The third-order valence-corrected chi connectivity index (χ3v) is 4.03. The van der Waals surface area contributed by atoms with Gasteiger partial charge < -0.3 is 9.47 Å². The van der Waals surface area contributed by atoms with E-state index in [9.17, 15) is 0 Å². The lowest BCUT2D eigenvalue weighted by atomic mass is 9.99. The van der Waals surface area contributed by atoms with Crippen molar-refractivity contribution in [1.82, 2.24) is 4.90 Å². The van der Waals surface area contributed by atoms with Crippen LogP contribution in [0.3, 0.4) is 0 Å². The Bertz CT molecular complexity index is 602. The molecule has 0 saturated heterocycles. The molecule has 0 fully saturated rings. The predicted octanol–water partition coefficient (Wildman–Crippen LogP) is 3.26. The molecule has 0 radical (unpaired) electrons. The van der Waals surface area contributed by atoms with Gasteiger partial charge in [0.1, 0.15) is 11.5 Å². The summed E-state index contributed by atoms with van der Waals surface area (Å²) in [5.41, 5.74) is 4.15. The van der Waals surface area contributed by atoms with Crippen LogP contribution in [0.15, 0.2) is 42.5 Å². The van der Waals surface area contributed by atoms with Gasteiger partial charge in [-0.3, -0.25) is 4.90 Å². The van der Waals surface area contributed by atoms with Gasteiger partial charge in [0.25, 0.3) is 0 Å². The van der Waals surface area contributed by atoms with Crippen molar-refractivity contribution in [1.29, 1.82) is 0 Å². The van der Waals surface area contributed by atoms with Gasteiger partial charge in [0.2, 0.25) is 0 Å². The standard InChI is InChI=1S/C18H21NO2/c1-20-17-9-14(10-18(11-17)21-2)12-19-8-7-15-5-3-4-6-16(15)13-19/h3-6,9-11H,7-8,12-13H2,1-2H3. The first-order chi connectivity index (χ1) is 10.3. The number of hydrogen-bond acceptors (Lipinski definition) is 3. The van der Waals surface area contributed by atoms with Crippen molar-refractivity contribution in [3.8, 4) is 11.5 Å². The summed E-state index contributed by atoms with van der Waals surface area (Å²) in [6.07, 6.45) is 1.12. The van der Waals surface area contributed by atoms with Gasteiger partial charge in [0.05, 0.1) is 14.2 Å². The molecule has 0 aliphatic carbocycles. The summed E-state index contributed by atoms with van der Waals surface area (Å²) in [5, 5.41) is 0. The molecule has 0 atom stereocenters. The minimum absolute atomic E-state index is 0.849. The summed E-state index contributed by atoms with van der Waals surface area (Å²) in [7, 11) is 3.38. The van der Waals surface area contributed by atoms with Gasteiger partial charge in [0, 0.05) is 25.7 Å². The van der Waals surface area contributed by atoms with Crippen molar-refractivity contribution in [2.75, 3.05) is 20.8 Å². The number of rotatable bonds is 4. The van der Waals surface area contributed by atoms with Gasteiger partial charge in [-0.2, -0.15) is 0 Å². The Morgan fingerprint density at radius 2 is 1.62 bits per heavy atom. The van der Waals surface area contributed by atoms with Crippen LogP contribution in [0, 0.1) is 0 Å². The molecule has 0 saturated carbocycles. The molecule has 1 aliphatic rings. The van der Waals surface area contributed by atoms with E-state index in [1.165, 1.54) is 16.7 Å². The molecule has 0 N–H and O–H groups in total. The maximum atomic E-state index is 5.34. The lowest BCUT2D eigenvalue weighted by Crippen LogP contribution is -2.29. The lowest BCUT2D eigenvalue weighted by molar-refractivity contribution is 0.245. The van der Waals surface area contributed by atoms with E-state index in [2.05, 4.69) is 41.3 Å². The Balaban J connectivity index is 1.76. The second kappa shape index (κ2) is 6.19. The molecule has 0 amide bonds. The highest BCUT2D eigenvalue weighted by Crippen LogP contribution is 2.25. The molecule has 21 heavy (non-hydrogen) atoms. The topological polar surface area (TPSA) is 21.7 Å². The fourth-order valence-corrected chi connectivity index (χ4v) is 2.90. The van der Waals surface area contributed by atoms with Crippen LogP contribution in [0.1, 0.15) is 16.7 Å². The molecule has 2 aromatic carbocycles. The SMILES string of the molecule is COc1cc(CN2CCc3ccccc3C2)cc(OC)c1. The van der Waals surface area contributed by atoms with E-state index in [4.69, 9.17) is 9.47 Å². The van der Waals surface area contributed by atoms with Crippen molar-refractivity contribution in [3.05, 3.63) is 59.2 Å². The van der Waals surface area contributed by atoms with E-state index in [0.717, 1.165) is 37.6 Å². The van der Waals surface area contributed by atoms with Gasteiger partial charge in [-0.15, -0.1) is 0 Å². The van der Waals surface area contributed by atoms with Crippen LogP contribution in [-0.4, -0.2) is 25.7 Å². The highest BCUT2D eigenvalue weighted by molar-refractivity contribution is 5.38. The van der Waals surface area contributed by atoms with Crippen LogP contribution in [0.5, 0.6) is 11.5 Å². The zero-order chi connectivity index (χ0) is 14.7. The first-order valence-corrected chi connectivity index (χ1v) is 7.29. The monoisotopic (exact) mass is 283 g/mol. The number of ether oxygens (including phenoxy) is 2. The van der Waals surface area contributed by atoms with Crippen LogP contribution in [0.25, 0.3) is 0 Å². The van der Waals surface area contributed by atoms with Crippen molar-refractivity contribution < 1.29 is 9.47 Å². The molecule has 2 aromatic rings. The number of methoxy groups -OCH3 is 2. The molecule has 3 heteroatoms. The number of fused-ring (bicyclic) bond motifs is 1. The minimum atomic E-state index is 0.849. The molecule has 0 spiro atoms. The molecular weight excluding hydrogens is 262 g/mol. The summed E-state index contributed by atoms with van der Waals surface area (Å²) in [6, 6.07) is 14.8. The normalized spacial score (nSPS) is 14.6. The zero-order valence-corrected chi connectivity index (χ0v) is 12.6. The maximum absolute atomic E-state index is 5.34. The van der Waals surface area contributed by atoms with Gasteiger partial charge in [-0.05, 0) is 35.2 Å². The zero-order valence-electron chi connectivity index (χ0n) is 12.6. The van der Waals surface area contributed by atoms with Gasteiger partial charge in [-0.1, -0.05) is 24.3 Å². The summed E-state index contributed by atoms with van der Waals surface area (Å²) < 4.78 is 10.7. The first kappa shape index (κ1) is 14.0. The molecule has 0 bridgehead atoms. The highest BCUT2D eigenvalue weighted by atomic mass is 16.5. The Hall–Kier alpha value is -2.00. The van der Waals surface area contributed by atoms with Crippen LogP contribution in [0.2, 0.25) is 0 Å². The van der Waals surface area contributed by atoms with E-state index < -0.39 is 0 Å². The second-order valence-corrected chi connectivity index (χ2v) is 5.45. The fraction of sp³-hybridized carbons (Fsp3) is 0.333. The molecule has 3 rings (SSSR count). The quantitative estimate of drug-likeness (QED) is 0.859. The molecule has 1 aliphatic heterocycles. The van der Waals surface area contributed by atoms with Crippen LogP contribution < -0.4 is 9.47 Å². The van der Waals surface area contributed by atoms with E-state index >= 15 is 0 Å². The third kappa shape index (κ3) is 3.19. The number of hydrogen-bond donors (Lipinski definition) is 0. The second-order valence-electron chi connectivity index (χ2n) is 5.45. The lowest BCUT2D eigenvalue weighted by Gasteiger charge is -2.28. The van der Waals surface area contributed by atoms with Crippen molar-refractivity contribution in [3.63, 3.8) is 0 Å². The molecule has 0 unspecified atom stereocenters. The Morgan fingerprint density at radius 3 is 2.29 bits per heavy atom. The summed E-state index contributed by atoms with van der Waals surface area (Å²) in [5.74, 6) is 1.70. The van der Waals surface area contributed by atoms with Crippen LogP contribution in [0.4, 0.5) is 0 Å². The summed E-state index contributed by atoms with van der Waals surface area (Å²) in [6.45, 7) is 3.02. The summed E-state index contributed by atoms with van der Waals surface area (Å²) in [4.78, 5) is 2.47. The average Bonchev–Trinajstić information content (AvgIpc) is 2.54. The van der Waals surface area contributed by atoms with Gasteiger partial charge in [0.15, 0.2) is 0 Å². The molecule has 1 heterocycles. The highest BCUT2D eigenvalue weighted by Gasteiger charge is 2.16. The van der Waals surface area contributed by atoms with Gasteiger partial charge >= 0.3 is 0 Å². The fourth-order valence-electron chi connectivity index (χ4n) is 2.90. The molecule has 110 valence electrons. The van der Waals surface area contributed by atoms with Crippen molar-refractivity contribution in [2.45, 2.75) is 19.5 Å². The Labute approximate surface area is 126 Å². The van der Waals surface area contributed by atoms with E-state index in [1.807, 2.05) is 6.07 Å². The van der Waals surface area contributed by atoms with E-state index in [0.29, 0.717) is 0 Å². The largest absolute Gasteiger partial charge is 0.497 e. The van der Waals surface area contributed by atoms with Crippen molar-refractivity contribution >= 4 is 0 Å². The predicted molar refractivity (Wildman–Crippen MR) is 83.8 cm³/mol.